The summed E-state index contributed by atoms with van der Waals surface area (Å²) in [5.41, 5.74) is 3.34. The third-order valence-electron chi connectivity index (χ3n) is 3.63. The highest BCUT2D eigenvalue weighted by Gasteiger charge is 2.16. The molecule has 0 aliphatic carbocycles. The van der Waals surface area contributed by atoms with E-state index >= 15 is 0 Å². The van der Waals surface area contributed by atoms with Gasteiger partial charge in [0.2, 0.25) is 0 Å². The summed E-state index contributed by atoms with van der Waals surface area (Å²) in [5, 5.41) is 22.7. The molecule has 116 valence electrons. The molecule has 2 aromatic carbocycles. The van der Waals surface area contributed by atoms with E-state index in [-0.39, 0.29) is 6.61 Å². The minimum atomic E-state index is 0.213. The Morgan fingerprint density at radius 3 is 2.33 bits per heavy atom. The van der Waals surface area contributed by atoms with E-state index in [9.17, 15) is 5.26 Å². The zero-order chi connectivity index (χ0) is 16.9. The van der Waals surface area contributed by atoms with Gasteiger partial charge in [0.05, 0.1) is 28.7 Å². The molecule has 0 spiro atoms. The second-order valence-electron chi connectivity index (χ2n) is 5.19. The Balaban J connectivity index is 1.92. The Morgan fingerprint density at radius 2 is 1.71 bits per heavy atom. The molecule has 0 aliphatic heterocycles. The lowest BCUT2D eigenvalue weighted by atomic mass is 10.2. The topological polar surface area (TPSA) is 74.6 Å². The summed E-state index contributed by atoms with van der Waals surface area (Å²) < 4.78 is 7.52. The van der Waals surface area contributed by atoms with Crippen molar-refractivity contribution >= 4 is 0 Å². The third kappa shape index (κ3) is 2.97. The predicted octanol–water partition coefficient (Wildman–Crippen LogP) is 3.50. The van der Waals surface area contributed by atoms with E-state index < -0.39 is 0 Å². The number of rotatable bonds is 4. The van der Waals surface area contributed by atoms with Crippen molar-refractivity contribution in [3.05, 3.63) is 77.1 Å². The van der Waals surface area contributed by atoms with Crippen LogP contribution in [0.2, 0.25) is 0 Å². The van der Waals surface area contributed by atoms with Crippen molar-refractivity contribution in [3.63, 3.8) is 0 Å². The van der Waals surface area contributed by atoms with Gasteiger partial charge in [-0.2, -0.15) is 15.6 Å². The fraction of sp³-hybridized carbons (Fsp3) is 0.105. The predicted molar refractivity (Wildman–Crippen MR) is 88.5 cm³/mol. The van der Waals surface area contributed by atoms with E-state index in [4.69, 9.17) is 10.00 Å². The van der Waals surface area contributed by atoms with Crippen LogP contribution < -0.4 is 4.74 Å². The largest absolute Gasteiger partial charge is 0.487 e. The van der Waals surface area contributed by atoms with Crippen molar-refractivity contribution in [2.24, 2.45) is 0 Å². The van der Waals surface area contributed by atoms with Crippen LogP contribution in [0.15, 0.2) is 54.6 Å². The van der Waals surface area contributed by atoms with Crippen molar-refractivity contribution in [2.75, 3.05) is 0 Å². The number of aromatic nitrogens is 2. The van der Waals surface area contributed by atoms with Crippen LogP contribution >= 0.6 is 0 Å². The van der Waals surface area contributed by atoms with Crippen molar-refractivity contribution < 1.29 is 4.74 Å². The zero-order valence-electron chi connectivity index (χ0n) is 13.1. The molecule has 1 aromatic heterocycles. The molecule has 24 heavy (non-hydrogen) atoms. The van der Waals surface area contributed by atoms with Crippen LogP contribution in [0.1, 0.15) is 22.5 Å². The van der Waals surface area contributed by atoms with Gasteiger partial charge in [0.1, 0.15) is 24.0 Å². The van der Waals surface area contributed by atoms with Crippen molar-refractivity contribution in [3.8, 4) is 23.6 Å². The quantitative estimate of drug-likeness (QED) is 0.738. The molecule has 0 N–H and O–H groups in total. The average molecular weight is 314 g/mol. The first-order valence-electron chi connectivity index (χ1n) is 7.40. The number of ether oxygens (including phenoxy) is 1. The van der Waals surface area contributed by atoms with Crippen LogP contribution in [0.3, 0.4) is 0 Å². The van der Waals surface area contributed by atoms with Crippen molar-refractivity contribution in [2.45, 2.75) is 13.5 Å². The number of nitriles is 2. The van der Waals surface area contributed by atoms with Gasteiger partial charge in [0.15, 0.2) is 0 Å². The number of aryl methyl sites for hydroxylation is 1. The van der Waals surface area contributed by atoms with Gasteiger partial charge in [-0.1, -0.05) is 18.2 Å². The Hall–Kier alpha value is -3.57. The van der Waals surface area contributed by atoms with Gasteiger partial charge in [0, 0.05) is 0 Å². The molecule has 0 saturated carbocycles. The van der Waals surface area contributed by atoms with Crippen LogP contribution in [0, 0.1) is 29.6 Å². The van der Waals surface area contributed by atoms with Gasteiger partial charge < -0.3 is 4.74 Å². The first-order chi connectivity index (χ1) is 11.7. The number of nitrogens with zero attached hydrogens (tertiary/aromatic N) is 4. The summed E-state index contributed by atoms with van der Waals surface area (Å²) in [6.07, 6.45) is 0. The van der Waals surface area contributed by atoms with Crippen LogP contribution in [0.5, 0.6) is 5.75 Å². The Morgan fingerprint density at radius 1 is 1.00 bits per heavy atom. The van der Waals surface area contributed by atoms with Gasteiger partial charge in [-0.15, -0.1) is 0 Å². The fourth-order valence-electron chi connectivity index (χ4n) is 2.41. The molecule has 0 saturated heterocycles. The molecule has 5 nitrogen and oxygen atoms in total. The van der Waals surface area contributed by atoms with Crippen molar-refractivity contribution in [1.29, 1.82) is 10.5 Å². The number of para-hydroxylation sites is 1. The smallest absolute Gasteiger partial charge is 0.132 e. The second kappa shape index (κ2) is 6.68. The maximum absolute atomic E-state index is 9.43. The summed E-state index contributed by atoms with van der Waals surface area (Å²) >= 11 is 0. The maximum Gasteiger partial charge on any atom is 0.132 e. The molecule has 0 aliphatic rings. The van der Waals surface area contributed by atoms with E-state index in [1.165, 1.54) is 0 Å². The van der Waals surface area contributed by atoms with E-state index in [1.54, 1.807) is 28.9 Å². The lowest BCUT2D eigenvalue weighted by molar-refractivity contribution is 0.297. The van der Waals surface area contributed by atoms with Crippen LogP contribution in [-0.4, -0.2) is 9.78 Å². The summed E-state index contributed by atoms with van der Waals surface area (Å²) in [6.45, 7) is 2.02. The normalized spacial score (nSPS) is 9.96. The Bertz CT molecular complexity index is 928. The molecule has 1 heterocycles. The number of hydrogen-bond acceptors (Lipinski definition) is 4. The van der Waals surface area contributed by atoms with Crippen molar-refractivity contribution in [1.82, 2.24) is 9.78 Å². The van der Waals surface area contributed by atoms with Crippen LogP contribution in [0.25, 0.3) is 5.69 Å². The van der Waals surface area contributed by atoms with Gasteiger partial charge >= 0.3 is 0 Å². The first kappa shape index (κ1) is 15.3. The monoisotopic (exact) mass is 314 g/mol. The second-order valence-corrected chi connectivity index (χ2v) is 5.19. The summed E-state index contributed by atoms with van der Waals surface area (Å²) in [7, 11) is 0. The molecular formula is C19H14N4O. The average Bonchev–Trinajstić information content (AvgIpc) is 2.96. The molecule has 0 amide bonds. The van der Waals surface area contributed by atoms with Gasteiger partial charge in [-0.3, -0.25) is 0 Å². The molecule has 0 atom stereocenters. The van der Waals surface area contributed by atoms with Crippen LogP contribution in [0.4, 0.5) is 0 Å². The highest BCUT2D eigenvalue weighted by atomic mass is 16.5. The maximum atomic E-state index is 9.43. The fourth-order valence-corrected chi connectivity index (χ4v) is 2.41. The highest BCUT2D eigenvalue weighted by Crippen LogP contribution is 2.20. The lowest BCUT2D eigenvalue weighted by Crippen LogP contribution is -2.07. The summed E-state index contributed by atoms with van der Waals surface area (Å²) in [5.74, 6) is 0.636. The van der Waals surface area contributed by atoms with E-state index in [0.717, 1.165) is 5.69 Å². The zero-order valence-corrected chi connectivity index (χ0v) is 13.1. The third-order valence-corrected chi connectivity index (χ3v) is 3.63. The van der Waals surface area contributed by atoms with Crippen LogP contribution in [-0.2, 0) is 6.61 Å². The van der Waals surface area contributed by atoms with E-state index in [1.807, 2.05) is 37.3 Å². The van der Waals surface area contributed by atoms with Gasteiger partial charge in [-0.05, 0) is 43.3 Å². The number of hydrogen-bond donors (Lipinski definition) is 0. The summed E-state index contributed by atoms with van der Waals surface area (Å²) in [4.78, 5) is 0. The molecule has 3 aromatic rings. The standard InChI is InChI=1S/C19H14N4O/c1-14-18(12-21)19(23(22-14)16-5-3-2-4-6-16)13-24-17-9-7-15(11-20)8-10-17/h2-10H,13H2,1H3. The van der Waals surface area contributed by atoms with Gasteiger partial charge in [-0.25, -0.2) is 4.68 Å². The van der Waals surface area contributed by atoms with E-state index in [0.29, 0.717) is 28.3 Å². The summed E-state index contributed by atoms with van der Waals surface area (Å²) in [6, 6.07) is 20.8. The molecular weight excluding hydrogens is 300 g/mol. The molecule has 3 rings (SSSR count). The van der Waals surface area contributed by atoms with E-state index in [2.05, 4.69) is 17.2 Å². The highest BCUT2D eigenvalue weighted by molar-refractivity contribution is 5.43. The van der Waals surface area contributed by atoms with Gasteiger partial charge in [0.25, 0.3) is 0 Å². The molecule has 0 bridgehead atoms. The number of benzene rings is 2. The molecule has 0 radical (unpaired) electrons. The SMILES string of the molecule is Cc1nn(-c2ccccc2)c(COc2ccc(C#N)cc2)c1C#N. The molecule has 5 heteroatoms. The minimum Gasteiger partial charge on any atom is -0.487 e. The Labute approximate surface area is 140 Å². The Kier molecular flexibility index (Phi) is 4.27. The minimum absolute atomic E-state index is 0.213. The lowest BCUT2D eigenvalue weighted by Gasteiger charge is -2.10. The molecule has 0 fully saturated rings. The molecule has 0 unspecified atom stereocenters. The first-order valence-corrected chi connectivity index (χ1v) is 7.40.